The van der Waals surface area contributed by atoms with Gasteiger partial charge in [0.25, 0.3) is 0 Å². The van der Waals surface area contributed by atoms with Crippen LogP contribution in [0.2, 0.25) is 5.02 Å². The molecule has 0 atom stereocenters. The van der Waals surface area contributed by atoms with Gasteiger partial charge < -0.3 is 15.6 Å². The number of anilines is 3. The summed E-state index contributed by atoms with van der Waals surface area (Å²) in [5.74, 6) is 0.0986. The van der Waals surface area contributed by atoms with Gasteiger partial charge >= 0.3 is 0 Å². The Morgan fingerprint density at radius 1 is 1.07 bits per heavy atom. The van der Waals surface area contributed by atoms with Crippen LogP contribution in [-0.4, -0.2) is 21.1 Å². The number of rotatable bonds is 5. The lowest BCUT2D eigenvalue weighted by atomic mass is 10.1. The first-order valence-corrected chi connectivity index (χ1v) is 8.87. The maximum atomic E-state index is 13.2. The van der Waals surface area contributed by atoms with E-state index in [1.165, 1.54) is 12.1 Å². The fourth-order valence-electron chi connectivity index (χ4n) is 2.83. The van der Waals surface area contributed by atoms with Crippen molar-refractivity contribution in [3.05, 3.63) is 77.2 Å². The Hall–Kier alpha value is -3.45. The van der Waals surface area contributed by atoms with E-state index in [-0.39, 0.29) is 17.4 Å². The number of aromatic nitrogens is 3. The predicted molar refractivity (Wildman–Crippen MR) is 107 cm³/mol. The molecule has 0 bridgehead atoms. The van der Waals surface area contributed by atoms with E-state index in [0.717, 1.165) is 16.5 Å². The molecule has 3 N–H and O–H groups in total. The van der Waals surface area contributed by atoms with Gasteiger partial charge in [-0.05, 0) is 42.0 Å². The summed E-state index contributed by atoms with van der Waals surface area (Å²) in [6.45, 7) is 0. The summed E-state index contributed by atoms with van der Waals surface area (Å²) in [6.07, 6.45) is 2.05. The summed E-state index contributed by atoms with van der Waals surface area (Å²) in [4.78, 5) is 15.5. The van der Waals surface area contributed by atoms with E-state index >= 15 is 0 Å². The molecule has 4 rings (SSSR count). The molecule has 2 aromatic heterocycles. The van der Waals surface area contributed by atoms with Crippen LogP contribution in [0.15, 0.2) is 60.8 Å². The van der Waals surface area contributed by atoms with E-state index in [2.05, 4.69) is 25.8 Å². The number of hydrogen-bond acceptors (Lipinski definition) is 4. The fourth-order valence-corrected chi connectivity index (χ4v) is 3.01. The van der Waals surface area contributed by atoms with Crippen LogP contribution in [0.5, 0.6) is 0 Å². The highest BCUT2D eigenvalue weighted by Gasteiger charge is 2.10. The van der Waals surface area contributed by atoms with Crippen molar-refractivity contribution in [1.29, 1.82) is 0 Å². The van der Waals surface area contributed by atoms with Crippen molar-refractivity contribution in [2.45, 2.75) is 6.42 Å². The largest absolute Gasteiger partial charge is 0.361 e. The number of H-pyrrole nitrogens is 1. The minimum atomic E-state index is -0.494. The highest BCUT2D eigenvalue weighted by molar-refractivity contribution is 6.31. The molecule has 0 aliphatic rings. The minimum Gasteiger partial charge on any atom is -0.361 e. The average molecular weight is 396 g/mol. The Balaban J connectivity index is 1.39. The maximum absolute atomic E-state index is 13.2. The van der Waals surface area contributed by atoms with Gasteiger partial charge in [0.05, 0.1) is 11.4 Å². The second-order valence-electron chi connectivity index (χ2n) is 6.14. The van der Waals surface area contributed by atoms with E-state index in [9.17, 15) is 9.18 Å². The first-order chi connectivity index (χ1) is 13.6. The first kappa shape index (κ1) is 17.9. The van der Waals surface area contributed by atoms with Crippen LogP contribution in [0.4, 0.5) is 21.7 Å². The molecule has 0 spiro atoms. The quantitative estimate of drug-likeness (QED) is 0.458. The fraction of sp³-hybridized carbons (Fsp3) is 0.0500. The number of nitrogens with one attached hydrogen (secondary N) is 3. The van der Waals surface area contributed by atoms with Crippen molar-refractivity contribution in [3.8, 4) is 0 Å². The number of para-hydroxylation sites is 1. The lowest BCUT2D eigenvalue weighted by Crippen LogP contribution is -2.15. The van der Waals surface area contributed by atoms with Crippen LogP contribution >= 0.6 is 11.6 Å². The molecule has 1 amide bonds. The molecule has 8 heteroatoms. The number of carbonyl (C=O) groups is 1. The van der Waals surface area contributed by atoms with Gasteiger partial charge in [-0.1, -0.05) is 29.8 Å². The third-order valence-corrected chi connectivity index (χ3v) is 4.44. The zero-order valence-electron chi connectivity index (χ0n) is 14.5. The standard InChI is InChI=1S/C20H15ClFN5O/c21-15-10-13(5-6-16(15)22)24-18-7-8-19(27-26-18)25-20(28)9-12-11-23-17-4-2-1-3-14(12)17/h1-8,10-11,23H,9H2,(H,24,26)(H,25,27,28). The molecule has 0 aliphatic carbocycles. The van der Waals surface area contributed by atoms with Gasteiger partial charge in [-0.3, -0.25) is 4.79 Å². The Morgan fingerprint density at radius 2 is 1.86 bits per heavy atom. The molecule has 28 heavy (non-hydrogen) atoms. The molecule has 0 aliphatic heterocycles. The second-order valence-corrected chi connectivity index (χ2v) is 6.55. The molecule has 6 nitrogen and oxygen atoms in total. The first-order valence-electron chi connectivity index (χ1n) is 8.49. The number of benzene rings is 2. The van der Waals surface area contributed by atoms with Crippen LogP contribution in [0.3, 0.4) is 0 Å². The molecule has 0 fully saturated rings. The molecule has 0 saturated carbocycles. The van der Waals surface area contributed by atoms with Crippen LogP contribution in [0, 0.1) is 5.82 Å². The van der Waals surface area contributed by atoms with Crippen LogP contribution in [-0.2, 0) is 11.2 Å². The van der Waals surface area contributed by atoms with Crippen molar-refractivity contribution >= 4 is 45.7 Å². The van der Waals surface area contributed by atoms with Gasteiger partial charge in [0.15, 0.2) is 11.6 Å². The van der Waals surface area contributed by atoms with Gasteiger partial charge in [-0.2, -0.15) is 0 Å². The normalized spacial score (nSPS) is 10.8. The molecule has 140 valence electrons. The minimum absolute atomic E-state index is 0.0131. The number of aromatic amines is 1. The van der Waals surface area contributed by atoms with E-state index in [1.54, 1.807) is 18.2 Å². The number of hydrogen-bond donors (Lipinski definition) is 3. The third-order valence-electron chi connectivity index (χ3n) is 4.15. The van der Waals surface area contributed by atoms with E-state index in [1.807, 2.05) is 30.5 Å². The van der Waals surface area contributed by atoms with E-state index < -0.39 is 5.82 Å². The van der Waals surface area contributed by atoms with E-state index in [4.69, 9.17) is 11.6 Å². The van der Waals surface area contributed by atoms with Crippen LogP contribution < -0.4 is 10.6 Å². The summed E-state index contributed by atoms with van der Waals surface area (Å²) in [5, 5.41) is 14.7. The summed E-state index contributed by atoms with van der Waals surface area (Å²) < 4.78 is 13.2. The zero-order valence-corrected chi connectivity index (χ0v) is 15.3. The van der Waals surface area contributed by atoms with Crippen molar-refractivity contribution < 1.29 is 9.18 Å². The van der Waals surface area contributed by atoms with Crippen molar-refractivity contribution in [3.63, 3.8) is 0 Å². The lowest BCUT2D eigenvalue weighted by Gasteiger charge is -2.07. The monoisotopic (exact) mass is 395 g/mol. The number of carbonyl (C=O) groups excluding carboxylic acids is 1. The number of nitrogens with zero attached hydrogens (tertiary/aromatic N) is 2. The topological polar surface area (TPSA) is 82.7 Å². The number of halogens is 2. The average Bonchev–Trinajstić information content (AvgIpc) is 3.09. The molecule has 0 radical (unpaired) electrons. The second kappa shape index (κ2) is 7.66. The highest BCUT2D eigenvalue weighted by Crippen LogP contribution is 2.22. The van der Waals surface area contributed by atoms with Gasteiger partial charge in [-0.15, -0.1) is 10.2 Å². The molecule has 4 aromatic rings. The van der Waals surface area contributed by atoms with E-state index in [0.29, 0.717) is 17.3 Å². The molecule has 0 saturated heterocycles. The van der Waals surface area contributed by atoms with Gasteiger partial charge in [0, 0.05) is 22.8 Å². The summed E-state index contributed by atoms with van der Waals surface area (Å²) >= 11 is 5.76. The summed E-state index contributed by atoms with van der Waals surface area (Å²) in [6, 6.07) is 15.3. The Bertz CT molecular complexity index is 1140. The van der Waals surface area contributed by atoms with Crippen molar-refractivity contribution in [2.24, 2.45) is 0 Å². The summed E-state index contributed by atoms with van der Waals surface area (Å²) in [5.41, 5.74) is 2.48. The smallest absolute Gasteiger partial charge is 0.230 e. The molecular formula is C20H15ClFN5O. The summed E-state index contributed by atoms with van der Waals surface area (Å²) in [7, 11) is 0. The van der Waals surface area contributed by atoms with Gasteiger partial charge in [0.2, 0.25) is 5.91 Å². The van der Waals surface area contributed by atoms with Crippen LogP contribution in [0.25, 0.3) is 10.9 Å². The Kier molecular flexibility index (Phi) is 4.90. The SMILES string of the molecule is O=C(Cc1c[nH]c2ccccc12)Nc1ccc(Nc2ccc(F)c(Cl)c2)nn1. The maximum Gasteiger partial charge on any atom is 0.230 e. The zero-order chi connectivity index (χ0) is 19.5. The number of amides is 1. The van der Waals surface area contributed by atoms with Crippen molar-refractivity contribution in [2.75, 3.05) is 10.6 Å². The highest BCUT2D eigenvalue weighted by atomic mass is 35.5. The molecular weight excluding hydrogens is 381 g/mol. The molecule has 0 unspecified atom stereocenters. The Labute approximate surface area is 164 Å². The Morgan fingerprint density at radius 3 is 2.64 bits per heavy atom. The van der Waals surface area contributed by atoms with Gasteiger partial charge in [0.1, 0.15) is 5.82 Å². The molecule has 2 heterocycles. The predicted octanol–water partition coefficient (Wildman–Crippen LogP) is 4.68. The molecule has 2 aromatic carbocycles. The lowest BCUT2D eigenvalue weighted by molar-refractivity contribution is -0.115. The van der Waals surface area contributed by atoms with Crippen LogP contribution in [0.1, 0.15) is 5.56 Å². The third kappa shape index (κ3) is 3.94. The van der Waals surface area contributed by atoms with Gasteiger partial charge in [-0.25, -0.2) is 4.39 Å². The van der Waals surface area contributed by atoms with Crippen molar-refractivity contribution in [1.82, 2.24) is 15.2 Å². The number of fused-ring (bicyclic) bond motifs is 1.